The van der Waals surface area contributed by atoms with Gasteiger partial charge in [0.25, 0.3) is 0 Å². The lowest BCUT2D eigenvalue weighted by Gasteiger charge is -2.33. The molecule has 0 atom stereocenters. The van der Waals surface area contributed by atoms with E-state index in [-0.39, 0.29) is 24.5 Å². The van der Waals surface area contributed by atoms with Crippen molar-refractivity contribution in [3.8, 4) is 17.2 Å². The number of hydrogen-bond donors (Lipinski definition) is 2. The molecule has 2 N–H and O–H groups in total. The third-order valence-electron chi connectivity index (χ3n) is 6.41. The lowest BCUT2D eigenvalue weighted by Crippen LogP contribution is -2.41. The Morgan fingerprint density at radius 3 is 2.54 bits per heavy atom. The largest absolute Gasteiger partial charge is 0.454 e. The zero-order valence-electron chi connectivity index (χ0n) is 19.9. The van der Waals surface area contributed by atoms with E-state index in [1.807, 2.05) is 60.1 Å². The molecule has 9 heteroatoms. The van der Waals surface area contributed by atoms with Gasteiger partial charge in [-0.2, -0.15) is 5.10 Å². The molecular weight excluding hydrogens is 446 g/mol. The van der Waals surface area contributed by atoms with Crippen molar-refractivity contribution in [1.82, 2.24) is 15.1 Å². The molecular formula is C26H29N5O4. The molecule has 1 saturated heterocycles. The van der Waals surface area contributed by atoms with E-state index in [2.05, 4.69) is 15.5 Å². The number of hydrogen-bond acceptors (Lipinski definition) is 6. The van der Waals surface area contributed by atoms with E-state index in [1.165, 1.54) is 6.92 Å². The van der Waals surface area contributed by atoms with Crippen molar-refractivity contribution in [1.29, 1.82) is 0 Å². The molecule has 9 nitrogen and oxygen atoms in total. The molecule has 0 saturated carbocycles. The van der Waals surface area contributed by atoms with Crippen molar-refractivity contribution in [3.05, 3.63) is 59.8 Å². The summed E-state index contributed by atoms with van der Waals surface area (Å²) in [5.41, 5.74) is 3.36. The molecule has 0 bridgehead atoms. The number of fused-ring (bicyclic) bond motifs is 1. The van der Waals surface area contributed by atoms with Gasteiger partial charge in [0.05, 0.1) is 11.4 Å². The first kappa shape index (κ1) is 22.8. The van der Waals surface area contributed by atoms with Crippen LogP contribution in [0.2, 0.25) is 0 Å². The van der Waals surface area contributed by atoms with Gasteiger partial charge in [0.2, 0.25) is 18.6 Å². The Hall–Kier alpha value is -4.01. The van der Waals surface area contributed by atoms with E-state index in [0.717, 1.165) is 28.5 Å². The minimum atomic E-state index is -0.139. The van der Waals surface area contributed by atoms with E-state index in [1.54, 1.807) is 0 Å². The summed E-state index contributed by atoms with van der Waals surface area (Å²) in [6.07, 6.45) is 1.43. The maximum absolute atomic E-state index is 12.9. The number of carbonyl (C=O) groups excluding carboxylic acids is 2. The number of aromatic nitrogens is 2. The Morgan fingerprint density at radius 1 is 1.06 bits per heavy atom. The Bertz CT molecular complexity index is 1230. The molecule has 182 valence electrons. The Labute approximate surface area is 204 Å². The average Bonchev–Trinajstić information content (AvgIpc) is 3.47. The number of amides is 2. The van der Waals surface area contributed by atoms with Crippen LogP contribution in [-0.2, 0) is 16.1 Å². The third kappa shape index (κ3) is 4.80. The van der Waals surface area contributed by atoms with Gasteiger partial charge in [-0.25, -0.2) is 4.68 Å². The summed E-state index contributed by atoms with van der Waals surface area (Å²) in [5, 5.41) is 10.7. The fourth-order valence-electron chi connectivity index (χ4n) is 4.62. The van der Waals surface area contributed by atoms with Gasteiger partial charge >= 0.3 is 0 Å². The second kappa shape index (κ2) is 9.69. The lowest BCUT2D eigenvalue weighted by atomic mass is 9.95. The Balaban J connectivity index is 1.26. The van der Waals surface area contributed by atoms with Gasteiger partial charge in [0.15, 0.2) is 17.3 Å². The van der Waals surface area contributed by atoms with Crippen LogP contribution in [-0.4, -0.2) is 41.5 Å². The van der Waals surface area contributed by atoms with Crippen LogP contribution in [0, 0.1) is 12.8 Å². The van der Waals surface area contributed by atoms with E-state index in [9.17, 15) is 9.59 Å². The number of ether oxygens (including phenoxy) is 2. The number of aryl methyl sites for hydroxylation is 1. The highest BCUT2D eigenvalue weighted by Crippen LogP contribution is 2.35. The summed E-state index contributed by atoms with van der Waals surface area (Å²) in [6.45, 7) is 5.45. The highest BCUT2D eigenvalue weighted by molar-refractivity contribution is 5.93. The fourth-order valence-corrected chi connectivity index (χ4v) is 4.62. The standard InChI is InChI=1S/C26H29N5O4/c1-17-24(28-18(2)32)26(31(29-17)21-6-4-3-5-7-21)30-12-10-20(11-13-30)25(33)27-15-19-8-9-22-23(14-19)35-16-34-22/h3-9,14,20H,10-13,15-16H2,1-2H3,(H,27,33)(H,28,32). The second-order valence-corrected chi connectivity index (χ2v) is 8.88. The number of anilines is 2. The molecule has 0 radical (unpaired) electrons. The Kier molecular flexibility index (Phi) is 6.31. The molecule has 2 amide bonds. The maximum atomic E-state index is 12.9. The molecule has 3 aromatic rings. The summed E-state index contributed by atoms with van der Waals surface area (Å²) in [7, 11) is 0. The van der Waals surface area contributed by atoms with Crippen molar-refractivity contribution in [2.45, 2.75) is 33.2 Å². The minimum absolute atomic E-state index is 0.0529. The van der Waals surface area contributed by atoms with Crippen molar-refractivity contribution < 1.29 is 19.1 Å². The third-order valence-corrected chi connectivity index (χ3v) is 6.41. The zero-order chi connectivity index (χ0) is 24.4. The van der Waals surface area contributed by atoms with Crippen LogP contribution in [0.5, 0.6) is 11.5 Å². The minimum Gasteiger partial charge on any atom is -0.454 e. The molecule has 2 aromatic carbocycles. The van der Waals surface area contributed by atoms with Crippen molar-refractivity contribution in [3.63, 3.8) is 0 Å². The van der Waals surface area contributed by atoms with Gasteiger partial charge in [-0.05, 0) is 49.6 Å². The van der Waals surface area contributed by atoms with Gasteiger partial charge in [-0.3, -0.25) is 9.59 Å². The van der Waals surface area contributed by atoms with E-state index >= 15 is 0 Å². The highest BCUT2D eigenvalue weighted by Gasteiger charge is 2.30. The quantitative estimate of drug-likeness (QED) is 0.567. The first-order valence-corrected chi connectivity index (χ1v) is 11.8. The van der Waals surface area contributed by atoms with Gasteiger partial charge < -0.3 is 25.0 Å². The SMILES string of the molecule is CC(=O)Nc1c(C)nn(-c2ccccc2)c1N1CCC(C(=O)NCc2ccc3c(c2)OCO3)CC1. The molecule has 0 unspecified atom stereocenters. The molecule has 2 aliphatic heterocycles. The smallest absolute Gasteiger partial charge is 0.231 e. The number of rotatable bonds is 6. The van der Waals surface area contributed by atoms with Crippen LogP contribution >= 0.6 is 0 Å². The normalized spacial score (nSPS) is 15.2. The van der Waals surface area contributed by atoms with Gasteiger partial charge in [-0.1, -0.05) is 24.3 Å². The molecule has 3 heterocycles. The number of para-hydroxylation sites is 1. The summed E-state index contributed by atoms with van der Waals surface area (Å²) in [5.74, 6) is 2.14. The molecule has 1 fully saturated rings. The van der Waals surface area contributed by atoms with Gasteiger partial charge in [0.1, 0.15) is 5.69 Å². The first-order chi connectivity index (χ1) is 17.0. The summed E-state index contributed by atoms with van der Waals surface area (Å²) >= 11 is 0. The van der Waals surface area contributed by atoms with Crippen molar-refractivity contribution >= 4 is 23.3 Å². The van der Waals surface area contributed by atoms with Crippen molar-refractivity contribution in [2.24, 2.45) is 5.92 Å². The monoisotopic (exact) mass is 475 g/mol. The number of piperidine rings is 1. The number of nitrogens with one attached hydrogen (secondary N) is 2. The predicted molar refractivity (Wildman–Crippen MR) is 132 cm³/mol. The van der Waals surface area contributed by atoms with Crippen LogP contribution in [0.15, 0.2) is 48.5 Å². The topological polar surface area (TPSA) is 97.7 Å². The van der Waals surface area contributed by atoms with Crippen LogP contribution in [0.3, 0.4) is 0 Å². The lowest BCUT2D eigenvalue weighted by molar-refractivity contribution is -0.125. The van der Waals surface area contributed by atoms with Crippen LogP contribution < -0.4 is 25.0 Å². The van der Waals surface area contributed by atoms with Gasteiger partial charge in [0, 0.05) is 32.5 Å². The summed E-state index contributed by atoms with van der Waals surface area (Å²) in [4.78, 5) is 27.0. The highest BCUT2D eigenvalue weighted by atomic mass is 16.7. The van der Waals surface area contributed by atoms with Crippen LogP contribution in [0.4, 0.5) is 11.5 Å². The van der Waals surface area contributed by atoms with Crippen LogP contribution in [0.25, 0.3) is 5.69 Å². The molecule has 5 rings (SSSR count). The predicted octanol–water partition coefficient (Wildman–Crippen LogP) is 3.40. The van der Waals surface area contributed by atoms with E-state index in [4.69, 9.17) is 14.6 Å². The van der Waals surface area contributed by atoms with Gasteiger partial charge in [-0.15, -0.1) is 0 Å². The molecule has 0 spiro atoms. The number of benzene rings is 2. The summed E-state index contributed by atoms with van der Waals surface area (Å²) in [6, 6.07) is 15.6. The summed E-state index contributed by atoms with van der Waals surface area (Å²) < 4.78 is 12.6. The van der Waals surface area contributed by atoms with Crippen molar-refractivity contribution in [2.75, 3.05) is 30.1 Å². The van der Waals surface area contributed by atoms with Crippen LogP contribution in [0.1, 0.15) is 31.0 Å². The number of carbonyl (C=O) groups is 2. The molecule has 1 aromatic heterocycles. The fraction of sp³-hybridized carbons (Fsp3) is 0.346. The zero-order valence-corrected chi connectivity index (χ0v) is 19.9. The Morgan fingerprint density at radius 2 is 1.80 bits per heavy atom. The molecule has 2 aliphatic rings. The number of nitrogens with zero attached hydrogens (tertiary/aromatic N) is 3. The van der Waals surface area contributed by atoms with E-state index < -0.39 is 0 Å². The maximum Gasteiger partial charge on any atom is 0.231 e. The second-order valence-electron chi connectivity index (χ2n) is 8.88. The first-order valence-electron chi connectivity index (χ1n) is 11.8. The molecule has 0 aliphatic carbocycles. The van der Waals surface area contributed by atoms with E-state index in [0.29, 0.717) is 43.9 Å². The average molecular weight is 476 g/mol. The molecule has 35 heavy (non-hydrogen) atoms.